The van der Waals surface area contributed by atoms with Crippen LogP contribution in [0.5, 0.6) is 0 Å². The van der Waals surface area contributed by atoms with Gasteiger partial charge in [0.05, 0.1) is 6.04 Å². The Bertz CT molecular complexity index is 266. The van der Waals surface area contributed by atoms with Crippen LogP contribution < -0.4 is 11.1 Å². The predicted molar refractivity (Wildman–Crippen MR) is 64.7 cm³/mol. The summed E-state index contributed by atoms with van der Waals surface area (Å²) in [7, 11) is 0. The number of rotatable bonds is 5. The molecule has 0 bridgehead atoms. The topological polar surface area (TPSA) is 58.4 Å². The molecule has 0 aliphatic carbocycles. The van der Waals surface area contributed by atoms with Crippen LogP contribution in [0.2, 0.25) is 0 Å². The Hall–Kier alpha value is -1.05. The third-order valence-electron chi connectivity index (χ3n) is 3.01. The first kappa shape index (κ1) is 13.0. The van der Waals surface area contributed by atoms with E-state index in [1.165, 1.54) is 12.8 Å². The van der Waals surface area contributed by atoms with Gasteiger partial charge in [0.15, 0.2) is 0 Å². The largest absolute Gasteiger partial charge is 0.353 e. The van der Waals surface area contributed by atoms with Crippen LogP contribution in [0.4, 0.5) is 0 Å². The molecule has 1 aliphatic rings. The minimum Gasteiger partial charge on any atom is -0.353 e. The minimum absolute atomic E-state index is 0.149. The van der Waals surface area contributed by atoms with Gasteiger partial charge < -0.3 is 11.1 Å². The zero-order valence-corrected chi connectivity index (χ0v) is 9.91. The molecule has 0 aromatic heterocycles. The normalized spacial score (nSPS) is 20.1. The van der Waals surface area contributed by atoms with Crippen molar-refractivity contribution in [2.24, 2.45) is 5.73 Å². The third-order valence-corrected chi connectivity index (χ3v) is 3.01. The van der Waals surface area contributed by atoms with Gasteiger partial charge in [-0.15, -0.1) is 12.3 Å². The van der Waals surface area contributed by atoms with Gasteiger partial charge in [-0.25, -0.2) is 0 Å². The van der Waals surface area contributed by atoms with Crippen LogP contribution in [-0.4, -0.2) is 42.5 Å². The lowest BCUT2D eigenvalue weighted by molar-refractivity contribution is -0.122. The molecule has 1 aliphatic heterocycles. The molecule has 0 saturated carbocycles. The van der Waals surface area contributed by atoms with Gasteiger partial charge in [-0.3, -0.25) is 9.69 Å². The second-order valence-corrected chi connectivity index (χ2v) is 4.35. The summed E-state index contributed by atoms with van der Waals surface area (Å²) < 4.78 is 0. The van der Waals surface area contributed by atoms with Crippen molar-refractivity contribution in [2.45, 2.75) is 38.3 Å². The molecule has 90 valence electrons. The van der Waals surface area contributed by atoms with Crippen LogP contribution in [0, 0.1) is 12.3 Å². The maximum Gasteiger partial charge on any atom is 0.237 e. The minimum atomic E-state index is -0.573. The first-order valence-electron chi connectivity index (χ1n) is 5.86. The molecule has 1 fully saturated rings. The Morgan fingerprint density at radius 2 is 2.19 bits per heavy atom. The van der Waals surface area contributed by atoms with Gasteiger partial charge in [0.25, 0.3) is 0 Å². The summed E-state index contributed by atoms with van der Waals surface area (Å²) in [6, 6.07) is -0.194. The van der Waals surface area contributed by atoms with E-state index >= 15 is 0 Å². The fourth-order valence-electron chi connectivity index (χ4n) is 1.91. The lowest BCUT2D eigenvalue weighted by Crippen LogP contribution is -2.46. The zero-order valence-electron chi connectivity index (χ0n) is 9.91. The van der Waals surface area contributed by atoms with Gasteiger partial charge in [0.2, 0.25) is 5.91 Å². The van der Waals surface area contributed by atoms with Crippen molar-refractivity contribution in [3.63, 3.8) is 0 Å². The van der Waals surface area contributed by atoms with Crippen LogP contribution in [-0.2, 0) is 4.79 Å². The van der Waals surface area contributed by atoms with Crippen LogP contribution in [0.1, 0.15) is 26.2 Å². The predicted octanol–water partition coefficient (Wildman–Crippen LogP) is -0.0625. The molecular formula is C12H21N3O. The number of hydrogen-bond acceptors (Lipinski definition) is 3. The SMILES string of the molecule is C#CCC(N)C(=O)NCC(C)N1CCCC1. The number of carbonyl (C=O) groups is 1. The summed E-state index contributed by atoms with van der Waals surface area (Å²) in [4.78, 5) is 13.9. The first-order chi connectivity index (χ1) is 7.65. The maximum absolute atomic E-state index is 11.5. The number of terminal acetylenes is 1. The van der Waals surface area contributed by atoms with E-state index in [-0.39, 0.29) is 5.91 Å². The average Bonchev–Trinajstić information content (AvgIpc) is 2.79. The van der Waals surface area contributed by atoms with E-state index < -0.39 is 6.04 Å². The molecule has 0 spiro atoms. The summed E-state index contributed by atoms with van der Waals surface area (Å²) in [6.07, 6.45) is 7.92. The first-order valence-corrected chi connectivity index (χ1v) is 5.86. The summed E-state index contributed by atoms with van der Waals surface area (Å²) in [5.41, 5.74) is 5.60. The molecule has 0 aromatic carbocycles. The van der Waals surface area contributed by atoms with Gasteiger partial charge in [0, 0.05) is 19.0 Å². The number of carbonyl (C=O) groups excluding carboxylic acids is 1. The molecule has 2 atom stereocenters. The monoisotopic (exact) mass is 223 g/mol. The number of amides is 1. The highest BCUT2D eigenvalue weighted by molar-refractivity contribution is 5.81. The second kappa shape index (κ2) is 6.51. The van der Waals surface area contributed by atoms with Gasteiger partial charge in [0.1, 0.15) is 0 Å². The quantitative estimate of drug-likeness (QED) is 0.642. The van der Waals surface area contributed by atoms with Crippen molar-refractivity contribution >= 4 is 5.91 Å². The highest BCUT2D eigenvalue weighted by Crippen LogP contribution is 2.10. The molecule has 4 nitrogen and oxygen atoms in total. The maximum atomic E-state index is 11.5. The Labute approximate surface area is 97.6 Å². The van der Waals surface area contributed by atoms with Crippen molar-refractivity contribution in [3.8, 4) is 12.3 Å². The van der Waals surface area contributed by atoms with E-state index in [1.807, 2.05) is 0 Å². The summed E-state index contributed by atoms with van der Waals surface area (Å²) >= 11 is 0. The van der Waals surface area contributed by atoms with E-state index in [2.05, 4.69) is 23.1 Å². The van der Waals surface area contributed by atoms with E-state index in [0.717, 1.165) is 13.1 Å². The Balaban J connectivity index is 2.23. The van der Waals surface area contributed by atoms with Crippen LogP contribution >= 0.6 is 0 Å². The number of likely N-dealkylation sites (tertiary alicyclic amines) is 1. The Morgan fingerprint density at radius 3 is 2.75 bits per heavy atom. The van der Waals surface area contributed by atoms with Crippen molar-refractivity contribution in [1.82, 2.24) is 10.2 Å². The summed E-state index contributed by atoms with van der Waals surface area (Å²) in [5.74, 6) is 2.25. The molecular weight excluding hydrogens is 202 g/mol. The van der Waals surface area contributed by atoms with E-state index in [4.69, 9.17) is 12.2 Å². The van der Waals surface area contributed by atoms with Gasteiger partial charge >= 0.3 is 0 Å². The molecule has 1 saturated heterocycles. The smallest absolute Gasteiger partial charge is 0.237 e. The summed E-state index contributed by atoms with van der Waals surface area (Å²) in [6.45, 7) is 5.04. The van der Waals surface area contributed by atoms with Gasteiger partial charge in [-0.05, 0) is 32.9 Å². The third kappa shape index (κ3) is 3.84. The van der Waals surface area contributed by atoms with Crippen molar-refractivity contribution in [1.29, 1.82) is 0 Å². The van der Waals surface area contributed by atoms with E-state index in [0.29, 0.717) is 19.0 Å². The molecule has 1 heterocycles. The van der Waals surface area contributed by atoms with Crippen molar-refractivity contribution in [3.05, 3.63) is 0 Å². The second-order valence-electron chi connectivity index (χ2n) is 4.35. The van der Waals surface area contributed by atoms with Crippen LogP contribution in [0.15, 0.2) is 0 Å². The molecule has 0 aromatic rings. The lowest BCUT2D eigenvalue weighted by atomic mass is 10.2. The molecule has 3 N–H and O–H groups in total. The molecule has 2 unspecified atom stereocenters. The highest BCUT2D eigenvalue weighted by atomic mass is 16.2. The fourth-order valence-corrected chi connectivity index (χ4v) is 1.91. The summed E-state index contributed by atoms with van der Waals surface area (Å²) in [5, 5.41) is 2.84. The Kier molecular flexibility index (Phi) is 5.30. The number of nitrogens with two attached hydrogens (primary N) is 1. The van der Waals surface area contributed by atoms with E-state index in [1.54, 1.807) is 0 Å². The van der Waals surface area contributed by atoms with Crippen LogP contribution in [0.3, 0.4) is 0 Å². The zero-order chi connectivity index (χ0) is 12.0. The molecule has 16 heavy (non-hydrogen) atoms. The Morgan fingerprint density at radius 1 is 1.56 bits per heavy atom. The number of nitrogens with one attached hydrogen (secondary N) is 1. The average molecular weight is 223 g/mol. The van der Waals surface area contributed by atoms with Crippen molar-refractivity contribution in [2.75, 3.05) is 19.6 Å². The molecule has 4 heteroatoms. The van der Waals surface area contributed by atoms with Gasteiger partial charge in [-0.2, -0.15) is 0 Å². The van der Waals surface area contributed by atoms with E-state index in [9.17, 15) is 4.79 Å². The highest BCUT2D eigenvalue weighted by Gasteiger charge is 2.19. The number of nitrogens with zero attached hydrogens (tertiary/aromatic N) is 1. The van der Waals surface area contributed by atoms with Gasteiger partial charge in [-0.1, -0.05) is 0 Å². The fraction of sp³-hybridized carbons (Fsp3) is 0.750. The number of hydrogen-bond donors (Lipinski definition) is 2. The molecule has 1 rings (SSSR count). The molecule has 1 amide bonds. The van der Waals surface area contributed by atoms with Crippen LogP contribution in [0.25, 0.3) is 0 Å². The molecule has 0 radical (unpaired) electrons. The lowest BCUT2D eigenvalue weighted by Gasteiger charge is -2.24. The standard InChI is InChI=1S/C12H21N3O/c1-3-6-11(13)12(16)14-9-10(2)15-7-4-5-8-15/h1,10-11H,4-9,13H2,2H3,(H,14,16). The van der Waals surface area contributed by atoms with Crippen molar-refractivity contribution < 1.29 is 4.79 Å².